The standard InChI is InChI=1S/C46H77N17O8/c1-7-26(5)36(44(71)61-34(37(48)64)21-28-14-10-9-11-15-28)63-43(70)35(20-25(3)4)62-42(69)33(17-13-19-55-46(51)52)60-41(68)32(16-12-18-54-45(49)50)59-40(67)31(8-2)58-38(65)27(6)57-39(66)30(47)22-29-23-53-24-56-29/h9-11,14-15,23-27,30-36H,7-8,12-13,16-22,47H2,1-6H3,(H2,48,64)(H,53,56)(H,57,66)(H,58,65)(H,59,67)(H,60,68)(H,61,71)(H,62,69)(H,63,70)(H4,49,50,54)(H4,51,52,55)/t26-,27-,30-,31-,32-,33-,34-,35-,36-/m0/s1. The van der Waals surface area contributed by atoms with E-state index in [-0.39, 0.29) is 82.3 Å². The van der Waals surface area contributed by atoms with E-state index in [0.29, 0.717) is 12.1 Å². The summed E-state index contributed by atoms with van der Waals surface area (Å²) in [6.45, 7) is 10.5. The van der Waals surface area contributed by atoms with Crippen molar-refractivity contribution < 1.29 is 38.4 Å². The molecule has 0 aliphatic heterocycles. The van der Waals surface area contributed by atoms with Gasteiger partial charge in [0.1, 0.15) is 42.3 Å². The molecule has 0 unspecified atom stereocenters. The second kappa shape index (κ2) is 31.0. The van der Waals surface area contributed by atoms with Crippen LogP contribution in [0.3, 0.4) is 0 Å². The molecule has 2 rings (SSSR count). The number of carbonyl (C=O) groups excluding carboxylic acids is 8. The number of nitrogens with one attached hydrogen (secondary N) is 8. The first-order valence-corrected chi connectivity index (χ1v) is 23.9. The van der Waals surface area contributed by atoms with Crippen LogP contribution in [0.15, 0.2) is 52.8 Å². The Kier molecular flexibility index (Phi) is 26.1. The number of amides is 8. The van der Waals surface area contributed by atoms with Gasteiger partial charge < -0.3 is 76.6 Å². The molecule has 0 aliphatic carbocycles. The van der Waals surface area contributed by atoms with Crippen molar-refractivity contribution in [3.05, 3.63) is 54.1 Å². The Bertz CT molecular complexity index is 2100. The van der Waals surface area contributed by atoms with E-state index in [0.717, 1.165) is 5.56 Å². The average Bonchev–Trinajstić information content (AvgIpc) is 3.83. The minimum Gasteiger partial charge on any atom is -0.370 e. The summed E-state index contributed by atoms with van der Waals surface area (Å²) < 4.78 is 0. The number of primary amides is 1. The highest BCUT2D eigenvalue weighted by Crippen LogP contribution is 2.14. The van der Waals surface area contributed by atoms with E-state index in [1.807, 2.05) is 26.8 Å². The third kappa shape index (κ3) is 22.3. The Balaban J connectivity index is 2.36. The number of hydrogen-bond acceptors (Lipinski definition) is 12. The van der Waals surface area contributed by atoms with Gasteiger partial charge in [-0.15, -0.1) is 0 Å². The van der Waals surface area contributed by atoms with Crippen molar-refractivity contribution >= 4 is 59.2 Å². The lowest BCUT2D eigenvalue weighted by Gasteiger charge is -2.29. The largest absolute Gasteiger partial charge is 0.370 e. The van der Waals surface area contributed by atoms with Gasteiger partial charge in [-0.05, 0) is 62.8 Å². The fourth-order valence-electron chi connectivity index (χ4n) is 7.12. The molecular weight excluding hydrogens is 919 g/mol. The number of aromatic amines is 1. The van der Waals surface area contributed by atoms with Crippen molar-refractivity contribution in [1.82, 2.24) is 47.2 Å². The molecule has 1 aromatic carbocycles. The van der Waals surface area contributed by atoms with Crippen molar-refractivity contribution in [2.24, 2.45) is 56.2 Å². The van der Waals surface area contributed by atoms with Gasteiger partial charge in [-0.1, -0.05) is 71.4 Å². The van der Waals surface area contributed by atoms with Gasteiger partial charge >= 0.3 is 0 Å². The van der Waals surface area contributed by atoms with Crippen LogP contribution in [-0.4, -0.2) is 131 Å². The van der Waals surface area contributed by atoms with Gasteiger partial charge in [0.2, 0.25) is 47.3 Å². The van der Waals surface area contributed by atoms with Gasteiger partial charge in [0.25, 0.3) is 0 Å². The topological polar surface area (TPSA) is 430 Å². The molecule has 394 valence electrons. The van der Waals surface area contributed by atoms with E-state index in [4.69, 9.17) is 34.4 Å². The molecule has 0 bridgehead atoms. The summed E-state index contributed by atoms with van der Waals surface area (Å²) in [4.78, 5) is 123. The second-order valence-electron chi connectivity index (χ2n) is 17.8. The number of guanidine groups is 2. The lowest BCUT2D eigenvalue weighted by atomic mass is 9.95. The van der Waals surface area contributed by atoms with E-state index < -0.39 is 102 Å². The number of carbonyl (C=O) groups is 8. The molecule has 20 N–H and O–H groups in total. The number of imidazole rings is 1. The van der Waals surface area contributed by atoms with Gasteiger partial charge in [-0.3, -0.25) is 48.3 Å². The van der Waals surface area contributed by atoms with E-state index in [1.54, 1.807) is 38.1 Å². The zero-order valence-corrected chi connectivity index (χ0v) is 41.7. The molecule has 1 aromatic heterocycles. The molecule has 1 heterocycles. The van der Waals surface area contributed by atoms with Crippen LogP contribution in [0.4, 0.5) is 0 Å². The van der Waals surface area contributed by atoms with Crippen LogP contribution in [0.2, 0.25) is 0 Å². The van der Waals surface area contributed by atoms with Crippen LogP contribution >= 0.6 is 0 Å². The Hall–Kier alpha value is -7.31. The Morgan fingerprint density at radius 1 is 0.592 bits per heavy atom. The summed E-state index contributed by atoms with van der Waals surface area (Å²) in [7, 11) is 0. The Morgan fingerprint density at radius 2 is 1.10 bits per heavy atom. The second-order valence-corrected chi connectivity index (χ2v) is 17.8. The van der Waals surface area contributed by atoms with Gasteiger partial charge in [-0.25, -0.2) is 4.98 Å². The molecule has 25 nitrogen and oxygen atoms in total. The molecule has 0 aliphatic rings. The number of nitrogens with zero attached hydrogens (tertiary/aromatic N) is 3. The quantitative estimate of drug-likeness (QED) is 0.0198. The fraction of sp³-hybridized carbons (Fsp3) is 0.587. The van der Waals surface area contributed by atoms with Crippen LogP contribution in [0.1, 0.15) is 97.7 Å². The molecule has 8 amide bonds. The number of nitrogens with two attached hydrogens (primary N) is 6. The lowest BCUT2D eigenvalue weighted by molar-refractivity contribution is -0.136. The molecule has 0 fully saturated rings. The number of aliphatic imine (C=N–C) groups is 2. The fourth-order valence-corrected chi connectivity index (χ4v) is 7.12. The summed E-state index contributed by atoms with van der Waals surface area (Å²) in [6.07, 6.45) is 4.18. The van der Waals surface area contributed by atoms with Crippen LogP contribution in [0, 0.1) is 11.8 Å². The molecular formula is C46H77N17O8. The number of H-pyrrole nitrogens is 1. The van der Waals surface area contributed by atoms with E-state index in [1.165, 1.54) is 19.4 Å². The highest BCUT2D eigenvalue weighted by Gasteiger charge is 2.35. The van der Waals surface area contributed by atoms with Crippen LogP contribution < -0.4 is 71.6 Å². The smallest absolute Gasteiger partial charge is 0.243 e. The summed E-state index contributed by atoms with van der Waals surface area (Å²) in [5.74, 6) is -6.70. The number of benzene rings is 1. The molecule has 0 spiro atoms. The van der Waals surface area contributed by atoms with E-state index >= 15 is 0 Å². The maximum Gasteiger partial charge on any atom is 0.243 e. The first kappa shape index (κ1) is 59.8. The number of aromatic nitrogens is 2. The maximum absolute atomic E-state index is 14.3. The highest BCUT2D eigenvalue weighted by molar-refractivity contribution is 5.97. The maximum atomic E-state index is 14.3. The van der Waals surface area contributed by atoms with Crippen molar-refractivity contribution in [2.45, 2.75) is 148 Å². The minimum atomic E-state index is -1.31. The molecule has 0 radical (unpaired) electrons. The van der Waals surface area contributed by atoms with Crippen LogP contribution in [0.25, 0.3) is 0 Å². The molecule has 0 saturated heterocycles. The average molecular weight is 996 g/mol. The predicted molar refractivity (Wildman–Crippen MR) is 268 cm³/mol. The molecule has 25 heteroatoms. The van der Waals surface area contributed by atoms with Crippen molar-refractivity contribution in [1.29, 1.82) is 0 Å². The number of hydrogen-bond donors (Lipinski definition) is 14. The van der Waals surface area contributed by atoms with Gasteiger partial charge in [0.05, 0.1) is 12.4 Å². The first-order valence-electron chi connectivity index (χ1n) is 23.9. The van der Waals surface area contributed by atoms with Crippen LogP contribution in [-0.2, 0) is 51.2 Å². The van der Waals surface area contributed by atoms with Gasteiger partial charge in [-0.2, -0.15) is 0 Å². The monoisotopic (exact) mass is 996 g/mol. The molecule has 71 heavy (non-hydrogen) atoms. The van der Waals surface area contributed by atoms with E-state index in [2.05, 4.69) is 57.2 Å². The summed E-state index contributed by atoms with van der Waals surface area (Å²) in [5.41, 5.74) is 35.1. The van der Waals surface area contributed by atoms with Crippen molar-refractivity contribution in [3.8, 4) is 0 Å². The molecule has 0 saturated carbocycles. The molecule has 2 aromatic rings. The normalized spacial score (nSPS) is 14.8. The molecule has 9 atom stereocenters. The zero-order chi connectivity index (χ0) is 53.2. The highest BCUT2D eigenvalue weighted by atomic mass is 16.2. The van der Waals surface area contributed by atoms with Crippen LogP contribution in [0.5, 0.6) is 0 Å². The van der Waals surface area contributed by atoms with E-state index in [9.17, 15) is 38.4 Å². The first-order chi connectivity index (χ1) is 33.6. The lowest BCUT2D eigenvalue weighted by Crippen LogP contribution is -2.61. The number of rotatable bonds is 32. The predicted octanol–water partition coefficient (Wildman–Crippen LogP) is -2.97. The minimum absolute atomic E-state index is 0.0266. The summed E-state index contributed by atoms with van der Waals surface area (Å²) >= 11 is 0. The SMILES string of the molecule is CC[C@H](NC(=O)[C@H](C)NC(=O)[C@@H](N)Cc1cnc[nH]1)C(=O)N[C@@H](CCCN=C(N)N)C(=O)N[C@@H](CCCN=C(N)N)C(=O)N[C@@H](CC(C)C)C(=O)N[C@H](C(=O)N[C@@H](Cc1ccccc1)C(N)=O)[C@@H](C)CC. The van der Waals surface area contributed by atoms with Gasteiger partial charge in [0.15, 0.2) is 11.9 Å². The summed E-state index contributed by atoms with van der Waals surface area (Å²) in [5, 5.41) is 18.7. The van der Waals surface area contributed by atoms with Crippen molar-refractivity contribution in [2.75, 3.05) is 13.1 Å². The van der Waals surface area contributed by atoms with Crippen molar-refractivity contribution in [3.63, 3.8) is 0 Å². The Morgan fingerprint density at radius 3 is 1.58 bits per heavy atom. The zero-order valence-electron chi connectivity index (χ0n) is 41.7. The third-order valence-corrected chi connectivity index (χ3v) is 11.4. The third-order valence-electron chi connectivity index (χ3n) is 11.4. The Labute approximate surface area is 414 Å². The van der Waals surface area contributed by atoms with Gasteiger partial charge in [0, 0.05) is 37.8 Å². The summed E-state index contributed by atoms with van der Waals surface area (Å²) in [6, 6.07) is -0.351.